The molecular formula is C75H84N8O19. The molecule has 0 bridgehead atoms. The lowest BCUT2D eigenvalue weighted by molar-refractivity contribution is -0.328. The summed E-state index contributed by atoms with van der Waals surface area (Å²) < 4.78 is 69.8. The maximum atomic E-state index is 15.7. The fourth-order valence-electron chi connectivity index (χ4n) is 11.9. The van der Waals surface area contributed by atoms with E-state index in [4.69, 9.17) is 52.1 Å². The van der Waals surface area contributed by atoms with E-state index in [-0.39, 0.29) is 78.6 Å². The number of rotatable bonds is 32. The number of hydrogen-bond acceptors (Lipinski definition) is 20. The van der Waals surface area contributed by atoms with E-state index in [0.29, 0.717) is 27.8 Å². The summed E-state index contributed by atoms with van der Waals surface area (Å²) in [4.78, 5) is 74.1. The smallest absolute Gasteiger partial charge is 0.407 e. The number of alkyl carbamates (subject to hydrolysis) is 4. The molecule has 3 aliphatic rings. The van der Waals surface area contributed by atoms with Crippen molar-refractivity contribution in [2.75, 3.05) is 19.7 Å². The molecule has 0 spiro atoms. The number of aliphatic hydroxyl groups excluding tert-OH is 3. The molecule has 102 heavy (non-hydrogen) atoms. The van der Waals surface area contributed by atoms with Crippen LogP contribution in [0.2, 0.25) is 0 Å². The molecule has 27 nitrogen and oxygen atoms in total. The topological polar surface area (TPSA) is 356 Å². The van der Waals surface area contributed by atoms with Crippen LogP contribution in [0.5, 0.6) is 0 Å². The summed E-state index contributed by atoms with van der Waals surface area (Å²) >= 11 is 0. The molecule has 0 radical (unpaired) electrons. The Bertz CT molecular complexity index is 3730. The molecule has 2 saturated heterocycles. The van der Waals surface area contributed by atoms with Gasteiger partial charge in [0.1, 0.15) is 69.2 Å². The first-order chi connectivity index (χ1) is 49.9. The molecule has 1 saturated carbocycles. The summed E-state index contributed by atoms with van der Waals surface area (Å²) in [7, 11) is 0. The standard InChI is InChI=1S/C75H84N8O19/c76-83-82-60-63(85)59(41-84)100-71(68(60)94-44-51-26-12-3-13-27-51)102-66-61(80-69(87)58(92-42-49-22-8-1-9-23-49)38-39-77-72(88)95-45-52-28-14-4-15-29-52)65(93-43-50-24-10-2-11-25-50)62(81-75(91)98-48-55-34-20-7-21-35-55)67(64(66)86)101-70-57(79-74(90)97-47-54-32-18-6-19-33-54)37-36-56(99-70)40-78-73(89)96-46-53-30-16-5-17-31-53/h1-35,56-68,70-71,84-86H,36-48H2,(H,77,88)(H,78,89)(H,79,90)(H,80,87)(H,81,91)/t56-,57?,58-,59?,60-,61+,62-,63+,64?,65?,66-,67?,68?,70+,71+/m0/s1. The predicted octanol–water partition coefficient (Wildman–Crippen LogP) is 8.47. The maximum Gasteiger partial charge on any atom is 0.407 e. The van der Waals surface area contributed by atoms with Gasteiger partial charge >= 0.3 is 24.4 Å². The van der Waals surface area contributed by atoms with Crippen molar-refractivity contribution in [3.8, 4) is 0 Å². The first-order valence-corrected chi connectivity index (χ1v) is 33.6. The fourth-order valence-corrected chi connectivity index (χ4v) is 11.9. The van der Waals surface area contributed by atoms with Gasteiger partial charge in [-0.05, 0) is 57.3 Å². The van der Waals surface area contributed by atoms with E-state index in [9.17, 15) is 40.0 Å². The summed E-state index contributed by atoms with van der Waals surface area (Å²) in [5, 5.41) is 54.5. The van der Waals surface area contributed by atoms with E-state index in [1.54, 1.807) is 176 Å². The number of nitrogens with one attached hydrogen (secondary N) is 5. The van der Waals surface area contributed by atoms with Gasteiger partial charge in [-0.15, -0.1) is 0 Å². The quantitative estimate of drug-likeness (QED) is 0.00848. The minimum absolute atomic E-state index is 0.0369. The molecule has 27 heteroatoms. The van der Waals surface area contributed by atoms with E-state index in [2.05, 4.69) is 36.6 Å². The van der Waals surface area contributed by atoms with E-state index in [0.717, 1.165) is 11.1 Å². The molecule has 15 atom stereocenters. The molecule has 0 aromatic heterocycles. The van der Waals surface area contributed by atoms with Gasteiger partial charge < -0.3 is 94.0 Å². The molecule has 10 rings (SSSR count). The van der Waals surface area contributed by atoms with Gasteiger partial charge in [-0.3, -0.25) is 4.79 Å². The van der Waals surface area contributed by atoms with Gasteiger partial charge in [0, 0.05) is 24.4 Å². The Morgan fingerprint density at radius 3 is 1.35 bits per heavy atom. The lowest BCUT2D eigenvalue weighted by Gasteiger charge is -2.52. The van der Waals surface area contributed by atoms with Gasteiger partial charge in [-0.25, -0.2) is 19.2 Å². The summed E-state index contributed by atoms with van der Waals surface area (Å²) in [6, 6.07) is 56.6. The van der Waals surface area contributed by atoms with Gasteiger partial charge in [0.25, 0.3) is 0 Å². The number of hydrogen-bond donors (Lipinski definition) is 8. The molecule has 7 aromatic rings. The monoisotopic (exact) mass is 1400 g/mol. The third-order valence-corrected chi connectivity index (χ3v) is 17.2. The SMILES string of the molecule is [N-]=[N+]=N[C@@H]1C(OCc2ccccc2)[C@@H](O[C@@H]2C(O)C(O[C@H]3O[C@H](CNC(=O)OCc4ccccc4)CCC3NC(=O)OCc3ccccc3)[C@@H](NC(=O)OCc3ccccc3)C(OCc3ccccc3)[C@H]2NC(=O)[C@H](CCNC(=O)OCc2ccccc2)OCc2ccccc2)OC(CO)[C@H]1O. The molecular weight excluding hydrogens is 1320 g/mol. The Hall–Kier alpha value is -10.0. The first-order valence-electron chi connectivity index (χ1n) is 33.6. The highest BCUT2D eigenvalue weighted by Gasteiger charge is 2.58. The van der Waals surface area contributed by atoms with Gasteiger partial charge in [0.15, 0.2) is 12.6 Å². The molecule has 1 aliphatic carbocycles. The number of nitrogens with zero attached hydrogens (tertiary/aromatic N) is 3. The van der Waals surface area contributed by atoms with E-state index in [1.807, 2.05) is 36.4 Å². The third-order valence-electron chi connectivity index (χ3n) is 17.2. The van der Waals surface area contributed by atoms with Crippen molar-refractivity contribution in [3.05, 3.63) is 262 Å². The lowest BCUT2D eigenvalue weighted by atomic mass is 9.80. The Balaban J connectivity index is 1.06. The van der Waals surface area contributed by atoms with Crippen molar-refractivity contribution >= 4 is 30.3 Å². The lowest BCUT2D eigenvalue weighted by Crippen LogP contribution is -2.75. The molecule has 3 fully saturated rings. The third kappa shape index (κ3) is 22.5. The number of aliphatic hydroxyl groups is 3. The number of benzene rings is 7. The normalized spacial score (nSPS) is 24.1. The summed E-state index contributed by atoms with van der Waals surface area (Å²) in [5.41, 5.74) is 14.7. The second kappa shape index (κ2) is 39.3. The van der Waals surface area contributed by atoms with Crippen molar-refractivity contribution in [1.82, 2.24) is 26.6 Å². The molecule has 2 aliphatic heterocycles. The predicted molar refractivity (Wildman–Crippen MR) is 366 cm³/mol. The second-order valence-electron chi connectivity index (χ2n) is 24.4. The first kappa shape index (κ1) is 74.7. The van der Waals surface area contributed by atoms with Crippen molar-refractivity contribution < 1.29 is 91.4 Å². The van der Waals surface area contributed by atoms with E-state index >= 15 is 4.79 Å². The molecule has 7 aromatic carbocycles. The summed E-state index contributed by atoms with van der Waals surface area (Å²) in [6.07, 6.45) is -21.2. The zero-order chi connectivity index (χ0) is 71.3. The molecule has 8 N–H and O–H groups in total. The van der Waals surface area contributed by atoms with E-state index < -0.39 is 129 Å². The van der Waals surface area contributed by atoms with Gasteiger partial charge in [0.05, 0.1) is 62.8 Å². The number of carbonyl (C=O) groups is 5. The molecule has 5 amide bonds. The van der Waals surface area contributed by atoms with E-state index in [1.165, 1.54) is 0 Å². The molecule has 2 heterocycles. The van der Waals surface area contributed by atoms with Gasteiger partial charge in [-0.1, -0.05) is 217 Å². The van der Waals surface area contributed by atoms with Crippen LogP contribution in [-0.2, 0) is 103 Å². The van der Waals surface area contributed by atoms with Crippen LogP contribution in [-0.4, -0.2) is 157 Å². The Morgan fingerprint density at radius 1 is 0.471 bits per heavy atom. The van der Waals surface area contributed by atoms with Crippen LogP contribution in [0.3, 0.4) is 0 Å². The van der Waals surface area contributed by atoms with Crippen LogP contribution in [0, 0.1) is 0 Å². The Labute approximate surface area is 589 Å². The second-order valence-corrected chi connectivity index (χ2v) is 24.4. The molecule has 6 unspecified atom stereocenters. The van der Waals surface area contributed by atoms with Crippen LogP contribution in [0.1, 0.15) is 58.2 Å². The van der Waals surface area contributed by atoms with Gasteiger partial charge in [0.2, 0.25) is 5.91 Å². The van der Waals surface area contributed by atoms with Crippen LogP contribution in [0.15, 0.2) is 217 Å². The van der Waals surface area contributed by atoms with Crippen LogP contribution < -0.4 is 26.6 Å². The number of ether oxygens (including phenoxy) is 11. The number of amides is 5. The van der Waals surface area contributed by atoms with Crippen molar-refractivity contribution in [3.63, 3.8) is 0 Å². The van der Waals surface area contributed by atoms with Crippen molar-refractivity contribution in [1.29, 1.82) is 0 Å². The fraction of sp³-hybridized carbons (Fsp3) is 0.373. The maximum absolute atomic E-state index is 15.7. The minimum atomic E-state index is -2.10. The summed E-state index contributed by atoms with van der Waals surface area (Å²) in [5.74, 6) is -0.849. The van der Waals surface area contributed by atoms with Gasteiger partial charge in [-0.2, -0.15) is 0 Å². The Kier molecular flexibility index (Phi) is 28.8. The number of carbonyl (C=O) groups excluding carboxylic acids is 5. The summed E-state index contributed by atoms with van der Waals surface area (Å²) in [6.45, 7) is -2.17. The van der Waals surface area contributed by atoms with Crippen LogP contribution in [0.25, 0.3) is 10.4 Å². The van der Waals surface area contributed by atoms with Crippen molar-refractivity contribution in [2.45, 2.75) is 157 Å². The highest BCUT2D eigenvalue weighted by Crippen LogP contribution is 2.37. The number of azide groups is 1. The average Bonchev–Trinajstić information content (AvgIpc) is 0.752. The molecule has 538 valence electrons. The zero-order valence-electron chi connectivity index (χ0n) is 55.8. The highest BCUT2D eigenvalue weighted by molar-refractivity contribution is 5.81. The van der Waals surface area contributed by atoms with Crippen LogP contribution in [0.4, 0.5) is 19.2 Å². The van der Waals surface area contributed by atoms with Crippen LogP contribution >= 0.6 is 0 Å². The average molecular weight is 1400 g/mol. The Morgan fingerprint density at radius 2 is 0.882 bits per heavy atom. The van der Waals surface area contributed by atoms with Crippen molar-refractivity contribution in [2.24, 2.45) is 5.11 Å². The highest BCUT2D eigenvalue weighted by atomic mass is 16.7. The minimum Gasteiger partial charge on any atom is -0.445 e. The largest absolute Gasteiger partial charge is 0.445 e. The zero-order valence-corrected chi connectivity index (χ0v) is 55.8.